The Balaban J connectivity index is 0.000000240. The molecular formula is C82H122N6O8. The highest BCUT2D eigenvalue weighted by Crippen LogP contribution is 2.24. The Morgan fingerprint density at radius 2 is 0.719 bits per heavy atom. The Kier molecular flexibility index (Phi) is 36.1. The van der Waals surface area contributed by atoms with Gasteiger partial charge in [0.25, 0.3) is 0 Å². The number of hydrogen-bond donors (Lipinski definition) is 3. The van der Waals surface area contributed by atoms with E-state index >= 15 is 0 Å². The maximum atomic E-state index is 12.0. The molecule has 0 aromatic heterocycles. The largest absolute Gasteiger partial charge is 0.508 e. The Morgan fingerprint density at radius 3 is 1.05 bits per heavy atom. The standard InChI is InChI=1S/2C26H41N3O3.C11H14O.C10H14.C9H12O/c2*1-20(2)25(30)5-4-6-26(31)27-17-23-11-12-24(32-23)19-29-15-13-28(14-16-29)18-22-9-7-21(3)8-10-22;1-8(2)11(12)10-6-4-9(3)5-7-10;1-8(2)10-6-4-9(3)5-7-10;1-7(2)8-3-5-9(10)6-4-8/h2*7-10,20,23-24H,4-6,11-19H2,1-3H3,(H,27,31);4-8H,1-3H3;4-8H,1-3H3;3-7,10H,1-2H3. The second kappa shape index (κ2) is 43.1. The summed E-state index contributed by atoms with van der Waals surface area (Å²) in [5.41, 5.74) is 11.4. The number of ketones is 3. The van der Waals surface area contributed by atoms with E-state index in [0.717, 1.165) is 110 Å². The zero-order valence-electron chi connectivity index (χ0n) is 61.3. The van der Waals surface area contributed by atoms with Gasteiger partial charge in [-0.1, -0.05) is 201 Å². The molecule has 0 radical (unpaired) electrons. The predicted molar refractivity (Wildman–Crippen MR) is 393 cm³/mol. The first-order valence-corrected chi connectivity index (χ1v) is 36.1. The lowest BCUT2D eigenvalue weighted by Crippen LogP contribution is -2.48. The van der Waals surface area contributed by atoms with Crippen LogP contribution in [0.15, 0.2) is 121 Å². The fourth-order valence-electron chi connectivity index (χ4n) is 11.8. The number of carbonyl (C=O) groups is 5. The van der Waals surface area contributed by atoms with Crippen LogP contribution in [0.2, 0.25) is 0 Å². The summed E-state index contributed by atoms with van der Waals surface area (Å²) in [6, 6.07) is 41.4. The van der Waals surface area contributed by atoms with Crippen LogP contribution in [0.5, 0.6) is 5.75 Å². The normalized spacial score (nSPS) is 18.4. The van der Waals surface area contributed by atoms with Crippen LogP contribution in [0.4, 0.5) is 0 Å². The van der Waals surface area contributed by atoms with Crippen molar-refractivity contribution in [1.29, 1.82) is 0 Å². The Morgan fingerprint density at radius 1 is 0.406 bits per heavy atom. The van der Waals surface area contributed by atoms with Crippen molar-refractivity contribution in [3.05, 3.63) is 171 Å². The molecule has 9 rings (SSSR count). The molecule has 5 aromatic carbocycles. The monoisotopic (exact) mass is 1320 g/mol. The number of rotatable bonds is 26. The van der Waals surface area contributed by atoms with Crippen LogP contribution in [0.1, 0.15) is 200 Å². The van der Waals surface area contributed by atoms with E-state index in [9.17, 15) is 24.0 Å². The number of benzene rings is 5. The Bertz CT molecular complexity index is 2850. The van der Waals surface area contributed by atoms with Crippen molar-refractivity contribution in [3.63, 3.8) is 0 Å². The summed E-state index contributed by atoms with van der Waals surface area (Å²) >= 11 is 0. The summed E-state index contributed by atoms with van der Waals surface area (Å²) in [5.74, 6) is 2.47. The molecule has 4 atom stereocenters. The first kappa shape index (κ1) is 80.3. The number of phenolic OH excluding ortho intramolecular Hbond substituents is 1. The minimum absolute atomic E-state index is 0.0262. The van der Waals surface area contributed by atoms with Crippen LogP contribution in [0.3, 0.4) is 0 Å². The Hall–Kier alpha value is -6.39. The number of carbonyl (C=O) groups excluding carboxylic acids is 5. The number of hydrogen-bond acceptors (Lipinski definition) is 12. The van der Waals surface area contributed by atoms with E-state index in [-0.39, 0.29) is 71.3 Å². The van der Waals surface area contributed by atoms with Crippen LogP contribution < -0.4 is 10.6 Å². The summed E-state index contributed by atoms with van der Waals surface area (Å²) in [4.78, 5) is 68.9. The number of nitrogens with zero attached hydrogens (tertiary/aromatic N) is 4. The van der Waals surface area contributed by atoms with Gasteiger partial charge in [0.05, 0.1) is 24.4 Å². The van der Waals surface area contributed by atoms with Gasteiger partial charge in [0.2, 0.25) is 11.8 Å². The number of ether oxygens (including phenoxy) is 2. The van der Waals surface area contributed by atoms with Crippen LogP contribution >= 0.6 is 0 Å². The van der Waals surface area contributed by atoms with E-state index in [4.69, 9.17) is 14.6 Å². The predicted octanol–water partition coefficient (Wildman–Crippen LogP) is 14.8. The molecule has 0 aliphatic carbocycles. The van der Waals surface area contributed by atoms with Gasteiger partial charge in [0.1, 0.15) is 17.3 Å². The summed E-state index contributed by atoms with van der Waals surface area (Å²) in [5, 5.41) is 14.9. The second-order valence-corrected chi connectivity index (χ2v) is 28.8. The van der Waals surface area contributed by atoms with Crippen molar-refractivity contribution in [2.75, 3.05) is 78.5 Å². The second-order valence-electron chi connectivity index (χ2n) is 28.8. The quantitative estimate of drug-likeness (QED) is 0.0450. The maximum absolute atomic E-state index is 12.0. The highest BCUT2D eigenvalue weighted by molar-refractivity contribution is 5.97. The summed E-state index contributed by atoms with van der Waals surface area (Å²) in [6.45, 7) is 42.5. The molecule has 4 saturated heterocycles. The number of piperazine rings is 2. The first-order chi connectivity index (χ1) is 45.8. The summed E-state index contributed by atoms with van der Waals surface area (Å²) in [7, 11) is 0. The van der Waals surface area contributed by atoms with Gasteiger partial charge in [-0.2, -0.15) is 0 Å². The topological polar surface area (TPSA) is 161 Å². The van der Waals surface area contributed by atoms with Crippen LogP contribution in [-0.2, 0) is 41.7 Å². The van der Waals surface area contributed by atoms with Crippen LogP contribution in [-0.4, -0.2) is 157 Å². The highest BCUT2D eigenvalue weighted by Gasteiger charge is 2.30. The molecule has 4 fully saturated rings. The molecule has 0 spiro atoms. The summed E-state index contributed by atoms with van der Waals surface area (Å²) < 4.78 is 12.4. The van der Waals surface area contributed by atoms with E-state index < -0.39 is 0 Å². The lowest BCUT2D eigenvalue weighted by atomic mass is 10.0. The molecule has 0 bridgehead atoms. The molecular weight excluding hydrogens is 1200 g/mol. The lowest BCUT2D eigenvalue weighted by Gasteiger charge is -2.35. The zero-order valence-corrected chi connectivity index (χ0v) is 61.3. The lowest BCUT2D eigenvalue weighted by molar-refractivity contribution is -0.124. The van der Waals surface area contributed by atoms with Crippen molar-refractivity contribution in [2.45, 2.75) is 210 Å². The van der Waals surface area contributed by atoms with Gasteiger partial charge in [-0.05, 0) is 112 Å². The number of phenols is 1. The van der Waals surface area contributed by atoms with Crippen molar-refractivity contribution >= 4 is 29.2 Å². The number of aryl methyl sites for hydroxylation is 4. The number of Topliss-reactive ketones (excluding diaryl/α,β-unsaturated/α-hetero) is 3. The number of amides is 2. The van der Waals surface area contributed by atoms with E-state index in [1.807, 2.05) is 84.9 Å². The van der Waals surface area contributed by atoms with Crippen LogP contribution in [0.25, 0.3) is 0 Å². The van der Waals surface area contributed by atoms with Gasteiger partial charge in [-0.3, -0.25) is 43.6 Å². The molecule has 0 saturated carbocycles. The number of nitrogens with one attached hydrogen (secondary N) is 2. The molecule has 3 N–H and O–H groups in total. The Labute approximate surface area is 579 Å². The number of aromatic hydroxyl groups is 1. The third-order valence-electron chi connectivity index (χ3n) is 18.5. The van der Waals surface area contributed by atoms with E-state index in [1.165, 1.54) is 44.5 Å². The van der Waals surface area contributed by atoms with Gasteiger partial charge in [0.15, 0.2) is 5.78 Å². The SMILES string of the molecule is CC(C)c1ccc(O)cc1.Cc1ccc(C(=O)C(C)C)cc1.Cc1ccc(C(C)C)cc1.Cc1ccc(CN2CCN(CC3CCC(CNC(=O)CCCC(=O)C(C)C)O3)CC2)cc1.Cc1ccc(CN2CCN(CC3CCC(CNC(=O)CCCC(=O)C(C)C)O3)CC2)cc1. The molecule has 96 heavy (non-hydrogen) atoms. The third kappa shape index (κ3) is 31.9. The molecule has 14 heteroatoms. The first-order valence-electron chi connectivity index (χ1n) is 36.1. The summed E-state index contributed by atoms with van der Waals surface area (Å²) in [6.07, 6.45) is 7.98. The fourth-order valence-corrected chi connectivity index (χ4v) is 11.8. The third-order valence-corrected chi connectivity index (χ3v) is 18.5. The maximum Gasteiger partial charge on any atom is 0.220 e. The van der Waals surface area contributed by atoms with Gasteiger partial charge >= 0.3 is 0 Å². The molecule has 4 aliphatic heterocycles. The molecule has 4 aliphatic rings. The minimum Gasteiger partial charge on any atom is -0.508 e. The van der Waals surface area contributed by atoms with Gasteiger partial charge in [-0.15, -0.1) is 0 Å². The molecule has 5 aromatic rings. The average Bonchev–Trinajstić information content (AvgIpc) is 1.80. The van der Waals surface area contributed by atoms with E-state index in [0.29, 0.717) is 69.2 Å². The van der Waals surface area contributed by atoms with Gasteiger partial charge in [-0.25, -0.2) is 0 Å². The van der Waals surface area contributed by atoms with Crippen molar-refractivity contribution < 1.29 is 38.6 Å². The average molecular weight is 1320 g/mol. The fraction of sp³-hybridized carbons (Fsp3) is 0.573. The van der Waals surface area contributed by atoms with Crippen LogP contribution in [0, 0.1) is 45.4 Å². The van der Waals surface area contributed by atoms with E-state index in [1.54, 1.807) is 12.1 Å². The van der Waals surface area contributed by atoms with Gasteiger partial charge < -0.3 is 25.2 Å². The molecule has 14 nitrogen and oxygen atoms in total. The molecule has 528 valence electrons. The molecule has 4 unspecified atom stereocenters. The molecule has 4 heterocycles. The van der Waals surface area contributed by atoms with E-state index in [2.05, 4.69) is 151 Å². The van der Waals surface area contributed by atoms with Crippen molar-refractivity contribution in [1.82, 2.24) is 30.2 Å². The minimum atomic E-state index is 0.0262. The molecule has 2 amide bonds. The van der Waals surface area contributed by atoms with Crippen molar-refractivity contribution in [2.24, 2.45) is 17.8 Å². The highest BCUT2D eigenvalue weighted by atomic mass is 16.5. The van der Waals surface area contributed by atoms with Gasteiger partial charge in [0, 0.05) is 141 Å². The zero-order chi connectivity index (χ0) is 70.1. The smallest absolute Gasteiger partial charge is 0.220 e. The van der Waals surface area contributed by atoms with Crippen molar-refractivity contribution in [3.8, 4) is 5.75 Å².